The molecule has 0 spiro atoms. The lowest BCUT2D eigenvalue weighted by molar-refractivity contribution is -0.137. The SMILES string of the molecule is CCCc1nc2cc(C(F)(F)F)ccc2n1-c1cccc(C(=O)OCC)c1. The molecular weight excluding hydrogens is 357 g/mol. The van der Waals surface area contributed by atoms with E-state index < -0.39 is 17.7 Å². The highest BCUT2D eigenvalue weighted by molar-refractivity contribution is 5.90. The Morgan fingerprint density at radius 3 is 2.59 bits per heavy atom. The molecule has 2 aromatic carbocycles. The second-order valence-electron chi connectivity index (χ2n) is 6.09. The van der Waals surface area contributed by atoms with E-state index in [0.29, 0.717) is 29.0 Å². The molecule has 0 N–H and O–H groups in total. The maximum Gasteiger partial charge on any atom is 0.416 e. The summed E-state index contributed by atoms with van der Waals surface area (Å²) in [5, 5.41) is 0. The van der Waals surface area contributed by atoms with Gasteiger partial charge in [0.25, 0.3) is 0 Å². The Morgan fingerprint density at radius 2 is 1.93 bits per heavy atom. The minimum Gasteiger partial charge on any atom is -0.462 e. The van der Waals surface area contributed by atoms with Gasteiger partial charge in [-0.05, 0) is 49.7 Å². The lowest BCUT2D eigenvalue weighted by Crippen LogP contribution is -2.07. The van der Waals surface area contributed by atoms with E-state index >= 15 is 0 Å². The second-order valence-corrected chi connectivity index (χ2v) is 6.09. The quantitative estimate of drug-likeness (QED) is 0.577. The molecule has 3 aromatic rings. The van der Waals surface area contributed by atoms with Crippen molar-refractivity contribution in [1.82, 2.24) is 9.55 Å². The zero-order chi connectivity index (χ0) is 19.6. The van der Waals surface area contributed by atoms with Gasteiger partial charge in [-0.1, -0.05) is 13.0 Å². The lowest BCUT2D eigenvalue weighted by atomic mass is 10.1. The summed E-state index contributed by atoms with van der Waals surface area (Å²) in [6, 6.07) is 10.3. The molecule has 0 aliphatic carbocycles. The van der Waals surface area contributed by atoms with Gasteiger partial charge in [0.15, 0.2) is 0 Å². The number of carbonyl (C=O) groups excluding carboxylic acids is 1. The van der Waals surface area contributed by atoms with Crippen molar-refractivity contribution in [2.45, 2.75) is 32.9 Å². The third-order valence-electron chi connectivity index (χ3n) is 4.14. The Morgan fingerprint density at radius 1 is 1.15 bits per heavy atom. The molecule has 0 aliphatic rings. The fraction of sp³-hybridized carbons (Fsp3) is 0.300. The van der Waals surface area contributed by atoms with E-state index in [2.05, 4.69) is 4.98 Å². The monoisotopic (exact) mass is 376 g/mol. The number of hydrogen-bond acceptors (Lipinski definition) is 3. The van der Waals surface area contributed by atoms with E-state index in [1.807, 2.05) is 6.92 Å². The van der Waals surface area contributed by atoms with Crippen LogP contribution in [0.1, 0.15) is 42.0 Å². The number of nitrogens with zero attached hydrogens (tertiary/aromatic N) is 2. The molecule has 0 bridgehead atoms. The molecule has 0 radical (unpaired) electrons. The zero-order valence-corrected chi connectivity index (χ0v) is 15.0. The Kier molecular flexibility index (Phi) is 5.21. The highest BCUT2D eigenvalue weighted by Gasteiger charge is 2.31. The number of carbonyl (C=O) groups is 1. The second kappa shape index (κ2) is 7.42. The number of aromatic nitrogens is 2. The van der Waals surface area contributed by atoms with Crippen LogP contribution in [0.5, 0.6) is 0 Å². The number of imidazole rings is 1. The summed E-state index contributed by atoms with van der Waals surface area (Å²) in [6.45, 7) is 3.96. The van der Waals surface area contributed by atoms with Gasteiger partial charge in [0.2, 0.25) is 0 Å². The number of alkyl halides is 3. The maximum atomic E-state index is 13.0. The van der Waals surface area contributed by atoms with E-state index in [0.717, 1.165) is 18.6 Å². The van der Waals surface area contributed by atoms with Gasteiger partial charge in [-0.3, -0.25) is 4.57 Å². The van der Waals surface area contributed by atoms with E-state index in [4.69, 9.17) is 4.74 Å². The molecule has 0 unspecified atom stereocenters. The molecule has 0 saturated carbocycles. The van der Waals surface area contributed by atoms with Crippen molar-refractivity contribution in [3.63, 3.8) is 0 Å². The van der Waals surface area contributed by atoms with Crippen LogP contribution in [0.15, 0.2) is 42.5 Å². The van der Waals surface area contributed by atoms with Crippen LogP contribution in [0.4, 0.5) is 13.2 Å². The smallest absolute Gasteiger partial charge is 0.416 e. The summed E-state index contributed by atoms with van der Waals surface area (Å²) in [4.78, 5) is 16.4. The summed E-state index contributed by atoms with van der Waals surface area (Å²) in [6.07, 6.45) is -3.04. The van der Waals surface area contributed by atoms with Crippen molar-refractivity contribution in [3.8, 4) is 5.69 Å². The number of hydrogen-bond donors (Lipinski definition) is 0. The average molecular weight is 376 g/mol. The Hall–Kier alpha value is -2.83. The summed E-state index contributed by atoms with van der Waals surface area (Å²) in [5.41, 5.74) is 1.14. The highest BCUT2D eigenvalue weighted by atomic mass is 19.4. The van der Waals surface area contributed by atoms with Gasteiger partial charge < -0.3 is 4.74 Å². The first-order valence-electron chi connectivity index (χ1n) is 8.71. The van der Waals surface area contributed by atoms with Crippen LogP contribution in [0.3, 0.4) is 0 Å². The molecule has 3 rings (SSSR count). The van der Waals surface area contributed by atoms with Gasteiger partial charge in [-0.2, -0.15) is 13.2 Å². The molecule has 27 heavy (non-hydrogen) atoms. The molecule has 1 heterocycles. The molecule has 0 atom stereocenters. The zero-order valence-electron chi connectivity index (χ0n) is 15.0. The molecule has 1 aromatic heterocycles. The summed E-state index contributed by atoms with van der Waals surface area (Å²) >= 11 is 0. The van der Waals surface area contributed by atoms with Crippen molar-refractivity contribution in [2.75, 3.05) is 6.61 Å². The van der Waals surface area contributed by atoms with E-state index in [9.17, 15) is 18.0 Å². The van der Waals surface area contributed by atoms with Crippen LogP contribution < -0.4 is 0 Å². The average Bonchev–Trinajstić information content (AvgIpc) is 2.98. The predicted octanol–water partition coefficient (Wildman–Crippen LogP) is 5.17. The Balaban J connectivity index is 2.16. The number of benzene rings is 2. The van der Waals surface area contributed by atoms with Gasteiger partial charge in [0.1, 0.15) is 5.82 Å². The first-order chi connectivity index (χ1) is 12.8. The van der Waals surface area contributed by atoms with Crippen LogP contribution in [-0.2, 0) is 17.3 Å². The molecular formula is C20H19F3N2O2. The van der Waals surface area contributed by atoms with Gasteiger partial charge in [-0.25, -0.2) is 9.78 Å². The van der Waals surface area contributed by atoms with Crippen LogP contribution in [0.2, 0.25) is 0 Å². The molecule has 0 amide bonds. The fourth-order valence-corrected chi connectivity index (χ4v) is 2.97. The van der Waals surface area contributed by atoms with Crippen molar-refractivity contribution < 1.29 is 22.7 Å². The van der Waals surface area contributed by atoms with Crippen LogP contribution in [0, 0.1) is 0 Å². The van der Waals surface area contributed by atoms with Crippen LogP contribution in [-0.4, -0.2) is 22.1 Å². The van der Waals surface area contributed by atoms with Gasteiger partial charge >= 0.3 is 12.1 Å². The van der Waals surface area contributed by atoms with Crippen molar-refractivity contribution >= 4 is 17.0 Å². The van der Waals surface area contributed by atoms with Gasteiger partial charge in [0, 0.05) is 12.1 Å². The molecule has 7 heteroatoms. The predicted molar refractivity (Wildman–Crippen MR) is 96.0 cm³/mol. The molecule has 0 saturated heterocycles. The molecule has 4 nitrogen and oxygen atoms in total. The van der Waals surface area contributed by atoms with Gasteiger partial charge in [-0.15, -0.1) is 0 Å². The topological polar surface area (TPSA) is 44.1 Å². The Bertz CT molecular complexity index is 977. The first-order valence-corrected chi connectivity index (χ1v) is 8.71. The highest BCUT2D eigenvalue weighted by Crippen LogP contribution is 2.32. The van der Waals surface area contributed by atoms with Crippen molar-refractivity contribution in [3.05, 3.63) is 59.4 Å². The van der Waals surface area contributed by atoms with Crippen molar-refractivity contribution in [2.24, 2.45) is 0 Å². The van der Waals surface area contributed by atoms with Crippen LogP contribution in [0.25, 0.3) is 16.7 Å². The maximum absolute atomic E-state index is 13.0. The standard InChI is InChI=1S/C20H19F3N2O2/c1-3-6-18-24-16-12-14(20(21,22)23)9-10-17(16)25(18)15-8-5-7-13(11-15)19(26)27-4-2/h5,7-12H,3-4,6H2,1-2H3. The number of aryl methyl sites for hydroxylation is 1. The normalized spacial score (nSPS) is 11.7. The largest absolute Gasteiger partial charge is 0.462 e. The number of fused-ring (bicyclic) bond motifs is 1. The van der Waals surface area contributed by atoms with E-state index in [1.165, 1.54) is 6.07 Å². The number of ether oxygens (including phenoxy) is 1. The Labute approximate surface area is 154 Å². The van der Waals surface area contributed by atoms with Crippen molar-refractivity contribution in [1.29, 1.82) is 0 Å². The minimum atomic E-state index is -4.42. The molecule has 0 aliphatic heterocycles. The van der Waals surface area contributed by atoms with E-state index in [1.54, 1.807) is 35.8 Å². The summed E-state index contributed by atoms with van der Waals surface area (Å²) in [7, 11) is 0. The first kappa shape index (κ1) is 18.9. The number of esters is 1. The van der Waals surface area contributed by atoms with Gasteiger partial charge in [0.05, 0.1) is 28.8 Å². The third kappa shape index (κ3) is 3.82. The van der Waals surface area contributed by atoms with E-state index in [-0.39, 0.29) is 12.1 Å². The molecule has 142 valence electrons. The minimum absolute atomic E-state index is 0.262. The molecule has 0 fully saturated rings. The number of rotatable bonds is 5. The van der Waals surface area contributed by atoms with Crippen LogP contribution >= 0.6 is 0 Å². The lowest BCUT2D eigenvalue weighted by Gasteiger charge is -2.11. The fourth-order valence-electron chi connectivity index (χ4n) is 2.97. The summed E-state index contributed by atoms with van der Waals surface area (Å²) in [5.74, 6) is 0.202. The third-order valence-corrected chi connectivity index (χ3v) is 4.14. The number of halogens is 3. The summed E-state index contributed by atoms with van der Waals surface area (Å²) < 4.78 is 45.9.